The average Bonchev–Trinajstić information content (AvgIpc) is 3.24. The summed E-state index contributed by atoms with van der Waals surface area (Å²) in [5.41, 5.74) is -5.16. The van der Waals surface area contributed by atoms with E-state index in [4.69, 9.17) is 9.47 Å². The van der Waals surface area contributed by atoms with Gasteiger partial charge in [0.25, 0.3) is 0 Å². The highest BCUT2D eigenvalue weighted by molar-refractivity contribution is 5.98. The van der Waals surface area contributed by atoms with Gasteiger partial charge in [0.2, 0.25) is 0 Å². The summed E-state index contributed by atoms with van der Waals surface area (Å²) in [5.74, 6) is -3.82. The number of benzene rings is 1. The Kier molecular flexibility index (Phi) is 9.40. The quantitative estimate of drug-likeness (QED) is 0.198. The first-order valence-electron chi connectivity index (χ1n) is 17.6. The Labute approximate surface area is 295 Å². The van der Waals surface area contributed by atoms with Gasteiger partial charge in [-0.3, -0.25) is 19.2 Å². The maximum atomic E-state index is 14.7. The molecule has 50 heavy (non-hydrogen) atoms. The number of fused-ring (bicyclic) bond motifs is 5. The number of hydrogen-bond acceptors (Lipinski definition) is 9. The minimum Gasteiger partial charge on any atom is -0.459 e. The Hall–Kier alpha value is -3.69. The molecule has 0 unspecified atom stereocenters. The number of ketones is 3. The Morgan fingerprint density at radius 3 is 2.22 bits per heavy atom. The van der Waals surface area contributed by atoms with Crippen LogP contribution in [0.15, 0.2) is 60.2 Å². The average molecular weight is 689 g/mol. The lowest BCUT2D eigenvalue weighted by atomic mass is 9.38. The topological polar surface area (TPSA) is 144 Å². The fourth-order valence-electron chi connectivity index (χ4n) is 10.4. The second-order valence-corrected chi connectivity index (χ2v) is 16.9. The maximum Gasteiger partial charge on any atom is 0.331 e. The van der Waals surface area contributed by atoms with Gasteiger partial charge in [0.05, 0.1) is 0 Å². The van der Waals surface area contributed by atoms with E-state index in [9.17, 15) is 34.2 Å². The Balaban J connectivity index is 1.59. The van der Waals surface area contributed by atoms with E-state index in [-0.39, 0.29) is 42.7 Å². The molecule has 9 nitrogen and oxygen atoms in total. The van der Waals surface area contributed by atoms with E-state index in [0.29, 0.717) is 6.42 Å². The first-order valence-corrected chi connectivity index (χ1v) is 17.6. The van der Waals surface area contributed by atoms with Crippen molar-refractivity contribution in [2.75, 3.05) is 0 Å². The van der Waals surface area contributed by atoms with Gasteiger partial charge in [-0.15, -0.1) is 0 Å². The minimum absolute atomic E-state index is 0.00456. The third kappa shape index (κ3) is 5.94. The third-order valence-corrected chi connectivity index (χ3v) is 13.0. The van der Waals surface area contributed by atoms with Gasteiger partial charge < -0.3 is 19.7 Å². The number of Topliss-reactive ketones (excluding diaryl/α,β-unsaturated/α-hetero) is 2. The molecule has 2 N–H and O–H groups in total. The van der Waals surface area contributed by atoms with Crippen molar-refractivity contribution >= 4 is 35.4 Å². The van der Waals surface area contributed by atoms with E-state index < -0.39 is 68.7 Å². The van der Waals surface area contributed by atoms with Gasteiger partial charge in [-0.1, -0.05) is 62.8 Å². The molecule has 0 aromatic heterocycles. The predicted octanol–water partition coefficient (Wildman–Crippen LogP) is 5.76. The highest BCUT2D eigenvalue weighted by atomic mass is 16.6. The van der Waals surface area contributed by atoms with Crippen molar-refractivity contribution in [1.29, 1.82) is 0 Å². The zero-order valence-electron chi connectivity index (χ0n) is 30.7. The molecule has 4 aliphatic rings. The van der Waals surface area contributed by atoms with Gasteiger partial charge in [0, 0.05) is 36.2 Å². The minimum atomic E-state index is -2.09. The molecule has 0 heterocycles. The molecule has 1 aromatic rings. The van der Waals surface area contributed by atoms with E-state index in [1.807, 2.05) is 58.0 Å². The molecule has 3 fully saturated rings. The predicted molar refractivity (Wildman–Crippen MR) is 187 cm³/mol. The van der Waals surface area contributed by atoms with Crippen LogP contribution in [-0.2, 0) is 33.4 Å². The smallest absolute Gasteiger partial charge is 0.331 e. The summed E-state index contributed by atoms with van der Waals surface area (Å²) in [6.07, 6.45) is 6.39. The Morgan fingerprint density at radius 1 is 0.960 bits per heavy atom. The molecular weight excluding hydrogens is 636 g/mol. The van der Waals surface area contributed by atoms with Crippen LogP contribution in [0.4, 0.5) is 0 Å². The van der Waals surface area contributed by atoms with E-state index in [1.54, 1.807) is 19.9 Å². The Bertz CT molecular complexity index is 1680. The van der Waals surface area contributed by atoms with E-state index in [0.717, 1.165) is 11.1 Å². The first-order chi connectivity index (χ1) is 23.0. The lowest BCUT2D eigenvalue weighted by Gasteiger charge is -2.64. The number of hydrogen-bond donors (Lipinski definition) is 2. The molecule has 9 atom stereocenters. The molecule has 0 aliphatic heterocycles. The van der Waals surface area contributed by atoms with Crippen LogP contribution in [0, 0.1) is 39.4 Å². The standard InChI is InChI=1S/C41H52O9/c1-24(42)50-36(2,3)20-19-31(44)41(9,48)34-29(49-33(46)18-15-25-13-11-10-12-14-25)22-38(6)30-17-16-26-27(21-28(43)35(47)37(26,4)5)40(30,8)32(45)23-39(34,38)7/h10-16,18-20,27-30,34,43,48H,17,21-23H2,1-9H3/b18-15+,20-19+/t27-,28+,29-,30+,34+,38+,39-,40+,41+/m1/s1. The zero-order valence-corrected chi connectivity index (χ0v) is 30.7. The molecule has 0 spiro atoms. The van der Waals surface area contributed by atoms with Crippen molar-refractivity contribution in [3.8, 4) is 0 Å². The third-order valence-electron chi connectivity index (χ3n) is 13.0. The van der Waals surface area contributed by atoms with Gasteiger partial charge in [0.15, 0.2) is 11.6 Å². The van der Waals surface area contributed by atoms with Gasteiger partial charge in [-0.05, 0) is 100 Å². The number of rotatable bonds is 8. The summed E-state index contributed by atoms with van der Waals surface area (Å²) in [4.78, 5) is 67.0. The molecule has 0 radical (unpaired) electrons. The van der Waals surface area contributed by atoms with Crippen molar-refractivity contribution in [2.45, 2.75) is 111 Å². The molecule has 1 aromatic carbocycles. The van der Waals surface area contributed by atoms with E-state index in [2.05, 4.69) is 13.0 Å². The van der Waals surface area contributed by atoms with Crippen molar-refractivity contribution < 1.29 is 43.7 Å². The van der Waals surface area contributed by atoms with Crippen LogP contribution in [0.3, 0.4) is 0 Å². The van der Waals surface area contributed by atoms with Crippen LogP contribution in [0.5, 0.6) is 0 Å². The van der Waals surface area contributed by atoms with E-state index >= 15 is 0 Å². The number of carbonyl (C=O) groups is 5. The lowest BCUT2D eigenvalue weighted by Crippen LogP contribution is -2.65. The fourth-order valence-corrected chi connectivity index (χ4v) is 10.4. The molecule has 9 heteroatoms. The van der Waals surface area contributed by atoms with E-state index in [1.165, 1.54) is 32.1 Å². The largest absolute Gasteiger partial charge is 0.459 e. The maximum absolute atomic E-state index is 14.7. The van der Waals surface area contributed by atoms with Gasteiger partial charge >= 0.3 is 11.9 Å². The SMILES string of the molecule is CC(=O)OC(C)(C)/C=C/C(=O)[C@](C)(O)[C@H]1[C@H](OC(=O)/C=C/c2ccccc2)C[C@@]2(C)[C@@H]3CC=C4[C@@H](C[C@H](O)C(=O)C4(C)C)[C@]3(C)C(=O)C[C@]12C. The lowest BCUT2D eigenvalue weighted by molar-refractivity contribution is -0.185. The highest BCUT2D eigenvalue weighted by Gasteiger charge is 2.75. The van der Waals surface area contributed by atoms with Gasteiger partial charge in [-0.25, -0.2) is 4.79 Å². The summed E-state index contributed by atoms with van der Waals surface area (Å²) in [6.45, 7) is 15.5. The van der Waals surface area contributed by atoms with Gasteiger partial charge in [0.1, 0.15) is 29.2 Å². The fraction of sp³-hybridized carbons (Fsp3) is 0.585. The summed E-state index contributed by atoms with van der Waals surface area (Å²) in [6, 6.07) is 9.27. The number of aliphatic hydroxyl groups is 2. The van der Waals surface area contributed by atoms with Crippen LogP contribution in [-0.4, -0.2) is 62.9 Å². The number of carbonyl (C=O) groups excluding carboxylic acids is 5. The molecular formula is C41H52O9. The van der Waals surface area contributed by atoms with Crippen LogP contribution in [0.1, 0.15) is 93.6 Å². The van der Waals surface area contributed by atoms with Crippen molar-refractivity contribution in [3.63, 3.8) is 0 Å². The summed E-state index contributed by atoms with van der Waals surface area (Å²) in [5, 5.41) is 23.3. The molecule has 5 rings (SSSR count). The van der Waals surface area contributed by atoms with Crippen LogP contribution in [0.2, 0.25) is 0 Å². The van der Waals surface area contributed by atoms with Crippen LogP contribution in [0.25, 0.3) is 6.08 Å². The summed E-state index contributed by atoms with van der Waals surface area (Å²) in [7, 11) is 0. The molecule has 3 saturated carbocycles. The van der Waals surface area contributed by atoms with Gasteiger partial charge in [-0.2, -0.15) is 0 Å². The van der Waals surface area contributed by atoms with Crippen molar-refractivity contribution in [3.05, 3.63) is 65.8 Å². The number of esters is 2. The second kappa shape index (κ2) is 12.5. The zero-order chi connectivity index (χ0) is 37.2. The van der Waals surface area contributed by atoms with Crippen LogP contribution < -0.4 is 0 Å². The molecule has 0 saturated heterocycles. The first kappa shape index (κ1) is 37.6. The Morgan fingerprint density at radius 2 is 1.60 bits per heavy atom. The monoisotopic (exact) mass is 688 g/mol. The summed E-state index contributed by atoms with van der Waals surface area (Å²) < 4.78 is 11.5. The highest BCUT2D eigenvalue weighted by Crippen LogP contribution is 2.74. The van der Waals surface area contributed by atoms with Crippen LogP contribution >= 0.6 is 0 Å². The second-order valence-electron chi connectivity index (χ2n) is 16.9. The molecule has 270 valence electrons. The number of ether oxygens (including phenoxy) is 2. The van der Waals surface area contributed by atoms with Crippen molar-refractivity contribution in [1.82, 2.24) is 0 Å². The molecule has 0 bridgehead atoms. The molecule has 0 amide bonds. The normalized spacial score (nSPS) is 36.2. The van der Waals surface area contributed by atoms with Crippen molar-refractivity contribution in [2.24, 2.45) is 39.4 Å². The molecule has 4 aliphatic carbocycles. The number of allylic oxidation sites excluding steroid dienone is 2. The number of aliphatic hydroxyl groups excluding tert-OH is 1. The summed E-state index contributed by atoms with van der Waals surface area (Å²) >= 11 is 0.